The van der Waals surface area contributed by atoms with Crippen molar-refractivity contribution in [3.63, 3.8) is 0 Å². The first kappa shape index (κ1) is 24.4. The molecule has 0 saturated heterocycles. The number of hydrogen-bond acceptors (Lipinski definition) is 9. The van der Waals surface area contributed by atoms with E-state index in [2.05, 4.69) is 37.5 Å². The van der Waals surface area contributed by atoms with Gasteiger partial charge >= 0.3 is 0 Å². The lowest BCUT2D eigenvalue weighted by molar-refractivity contribution is -0.122. The summed E-state index contributed by atoms with van der Waals surface area (Å²) in [6, 6.07) is 7.82. The van der Waals surface area contributed by atoms with Crippen LogP contribution in [0.4, 0.5) is 11.6 Å². The number of rotatable bonds is 7. The van der Waals surface area contributed by atoms with E-state index in [9.17, 15) is 5.26 Å². The van der Waals surface area contributed by atoms with E-state index in [4.69, 9.17) is 20.4 Å². The van der Waals surface area contributed by atoms with Crippen LogP contribution in [0.2, 0.25) is 0 Å². The lowest BCUT2D eigenvalue weighted by atomic mass is 10.1. The third-order valence-corrected chi connectivity index (χ3v) is 5.82. The second kappa shape index (κ2) is 10.7. The molecule has 0 atom stereocenters. The Kier molecular flexibility index (Phi) is 7.25. The highest BCUT2D eigenvalue weighted by Crippen LogP contribution is 2.40. The topological polar surface area (TPSA) is 164 Å². The highest BCUT2D eigenvalue weighted by Gasteiger charge is 2.25. The minimum Gasteiger partial charge on any atom is -0.483 e. The number of fused-ring (bicyclic) bond motifs is 1. The molecule has 0 bridgehead atoms. The number of ether oxygens (including phenoxy) is 1. The van der Waals surface area contributed by atoms with E-state index in [1.165, 1.54) is 24.7 Å². The Bertz CT molecular complexity index is 1420. The average molecular weight is 487 g/mol. The molecule has 0 radical (unpaired) electrons. The van der Waals surface area contributed by atoms with Crippen LogP contribution < -0.4 is 15.8 Å². The predicted molar refractivity (Wildman–Crippen MR) is 132 cm³/mol. The Labute approximate surface area is 207 Å². The lowest BCUT2D eigenvalue weighted by Crippen LogP contribution is -2.08. The van der Waals surface area contributed by atoms with Crippen LogP contribution in [-0.4, -0.2) is 35.9 Å². The summed E-state index contributed by atoms with van der Waals surface area (Å²) in [6.45, 7) is 4.50. The quantitative estimate of drug-likeness (QED) is 0.330. The molecule has 184 valence electrons. The number of carboxylic acid groups (broad SMARTS) is 1. The van der Waals surface area contributed by atoms with Crippen molar-refractivity contribution >= 4 is 23.8 Å². The molecule has 1 saturated carbocycles. The summed E-state index contributed by atoms with van der Waals surface area (Å²) in [5, 5.41) is 19.7. The summed E-state index contributed by atoms with van der Waals surface area (Å²) in [5.74, 6) is 2.16. The van der Waals surface area contributed by atoms with Gasteiger partial charge in [-0.15, -0.1) is 0 Å². The van der Waals surface area contributed by atoms with Crippen LogP contribution >= 0.6 is 0 Å². The highest BCUT2D eigenvalue weighted by atomic mass is 16.5. The van der Waals surface area contributed by atoms with Gasteiger partial charge in [-0.2, -0.15) is 5.26 Å². The molecular weight excluding hydrogens is 460 g/mol. The summed E-state index contributed by atoms with van der Waals surface area (Å²) in [7, 11) is 0. The van der Waals surface area contributed by atoms with Crippen LogP contribution in [0.25, 0.3) is 5.65 Å². The number of hydrogen-bond donors (Lipinski definition) is 3. The van der Waals surface area contributed by atoms with Crippen LogP contribution in [0, 0.1) is 25.2 Å². The number of aryl methyl sites for hydroxylation is 2. The van der Waals surface area contributed by atoms with Gasteiger partial charge in [0.25, 0.3) is 6.47 Å². The van der Waals surface area contributed by atoms with Crippen molar-refractivity contribution in [2.45, 2.75) is 45.8 Å². The summed E-state index contributed by atoms with van der Waals surface area (Å²) in [6.07, 6.45) is 7.78. The molecule has 4 N–H and O–H groups in total. The van der Waals surface area contributed by atoms with E-state index >= 15 is 0 Å². The molecule has 0 amide bonds. The maximum absolute atomic E-state index is 9.52. The fourth-order valence-electron chi connectivity index (χ4n) is 3.96. The van der Waals surface area contributed by atoms with Gasteiger partial charge in [-0.1, -0.05) is 0 Å². The van der Waals surface area contributed by atoms with Gasteiger partial charge in [0.1, 0.15) is 30.6 Å². The van der Waals surface area contributed by atoms with Gasteiger partial charge < -0.3 is 25.3 Å². The largest absolute Gasteiger partial charge is 0.483 e. The standard InChI is InChI=1S/C24H24N8O.CH2O2/c1-14-5-21(26)30-15(2)20(14)9-27-22-7-23(29-13-28-22)33-12-19-11-32-10-18(16-3-4-16)6-17(8-25)24(32)31-19;2-1-3/h5-7,10-11,13,16H,3-4,9,12H2,1-2H3,(H2,26,30)(H,27,28,29);1H,(H,2,3). The van der Waals surface area contributed by atoms with Gasteiger partial charge in [0.2, 0.25) is 5.88 Å². The fraction of sp³-hybridized carbons (Fsp3) is 0.280. The summed E-state index contributed by atoms with van der Waals surface area (Å²) in [4.78, 5) is 25.7. The number of nitrogens with zero attached hydrogens (tertiary/aromatic N) is 6. The van der Waals surface area contributed by atoms with Gasteiger partial charge in [-0.25, -0.2) is 19.9 Å². The number of nitrogens with two attached hydrogens (primary N) is 1. The minimum atomic E-state index is -0.250. The third kappa shape index (κ3) is 5.67. The highest BCUT2D eigenvalue weighted by molar-refractivity contribution is 5.57. The Morgan fingerprint density at radius 1 is 1.25 bits per heavy atom. The van der Waals surface area contributed by atoms with E-state index in [0.717, 1.165) is 22.5 Å². The molecule has 0 aromatic carbocycles. The molecule has 36 heavy (non-hydrogen) atoms. The van der Waals surface area contributed by atoms with Crippen molar-refractivity contribution in [2.75, 3.05) is 11.1 Å². The van der Waals surface area contributed by atoms with Crippen molar-refractivity contribution in [2.24, 2.45) is 0 Å². The van der Waals surface area contributed by atoms with Crippen molar-refractivity contribution in [1.82, 2.24) is 24.3 Å². The maximum Gasteiger partial charge on any atom is 0.290 e. The summed E-state index contributed by atoms with van der Waals surface area (Å²) < 4.78 is 7.78. The zero-order chi connectivity index (χ0) is 25.7. The summed E-state index contributed by atoms with van der Waals surface area (Å²) in [5.41, 5.74) is 12.0. The lowest BCUT2D eigenvalue weighted by Gasteiger charge is -2.12. The molecular formula is C25H26N8O3. The number of nitriles is 1. The van der Waals surface area contributed by atoms with Crippen LogP contribution in [0.3, 0.4) is 0 Å². The van der Waals surface area contributed by atoms with Crippen molar-refractivity contribution in [1.29, 1.82) is 5.26 Å². The Balaban J connectivity index is 0.000000967. The number of nitrogen functional groups attached to an aromatic ring is 1. The molecule has 4 heterocycles. The van der Waals surface area contributed by atoms with Crippen LogP contribution in [0.15, 0.2) is 36.9 Å². The predicted octanol–water partition coefficient (Wildman–Crippen LogP) is 3.36. The summed E-state index contributed by atoms with van der Waals surface area (Å²) >= 11 is 0. The van der Waals surface area contributed by atoms with E-state index in [0.29, 0.717) is 41.2 Å². The second-order valence-corrected chi connectivity index (χ2v) is 8.45. The molecule has 1 aliphatic carbocycles. The number of pyridine rings is 2. The zero-order valence-corrected chi connectivity index (χ0v) is 20.0. The van der Waals surface area contributed by atoms with Crippen molar-refractivity contribution in [3.8, 4) is 11.9 Å². The molecule has 11 heteroatoms. The van der Waals surface area contributed by atoms with Gasteiger partial charge in [-0.3, -0.25) is 4.79 Å². The van der Waals surface area contributed by atoms with E-state index < -0.39 is 0 Å². The molecule has 4 aromatic heterocycles. The SMILES string of the molecule is Cc1cc(N)nc(C)c1CNc1cc(OCc2cn3cc(C4CC4)cc(C#N)c3n2)ncn1.O=CO. The minimum absolute atomic E-state index is 0.238. The van der Waals surface area contributed by atoms with Crippen LogP contribution in [-0.2, 0) is 17.9 Å². The molecule has 11 nitrogen and oxygen atoms in total. The fourth-order valence-corrected chi connectivity index (χ4v) is 3.96. The van der Waals surface area contributed by atoms with Gasteiger partial charge in [0.05, 0.1) is 11.3 Å². The first-order valence-corrected chi connectivity index (χ1v) is 11.3. The number of nitrogens with one attached hydrogen (secondary N) is 1. The molecule has 4 aromatic rings. The van der Waals surface area contributed by atoms with E-state index in [1.807, 2.05) is 36.6 Å². The monoisotopic (exact) mass is 486 g/mol. The molecule has 0 spiro atoms. The van der Waals surface area contributed by atoms with Gasteiger partial charge in [0, 0.05) is 30.7 Å². The molecule has 1 aliphatic rings. The van der Waals surface area contributed by atoms with E-state index in [1.54, 1.807) is 6.07 Å². The average Bonchev–Trinajstić information content (AvgIpc) is 3.61. The van der Waals surface area contributed by atoms with Crippen LogP contribution in [0.1, 0.15) is 52.4 Å². The Hall–Kier alpha value is -4.72. The van der Waals surface area contributed by atoms with Crippen molar-refractivity contribution < 1.29 is 14.6 Å². The number of aromatic nitrogens is 5. The molecule has 0 unspecified atom stereocenters. The first-order chi connectivity index (χ1) is 17.4. The van der Waals surface area contributed by atoms with Crippen LogP contribution in [0.5, 0.6) is 5.88 Å². The third-order valence-electron chi connectivity index (χ3n) is 5.82. The van der Waals surface area contributed by atoms with Gasteiger partial charge in [0.15, 0.2) is 5.65 Å². The number of carbonyl (C=O) groups is 1. The molecule has 0 aliphatic heterocycles. The number of anilines is 2. The molecule has 1 fully saturated rings. The normalized spacial score (nSPS) is 12.4. The number of imidazole rings is 1. The Morgan fingerprint density at radius 3 is 2.72 bits per heavy atom. The van der Waals surface area contributed by atoms with E-state index in [-0.39, 0.29) is 13.1 Å². The zero-order valence-electron chi connectivity index (χ0n) is 20.0. The van der Waals surface area contributed by atoms with Crippen molar-refractivity contribution in [3.05, 3.63) is 70.6 Å². The Morgan fingerprint density at radius 2 is 2.03 bits per heavy atom. The maximum atomic E-state index is 9.52. The first-order valence-electron chi connectivity index (χ1n) is 11.3. The van der Waals surface area contributed by atoms with Gasteiger partial charge in [-0.05, 0) is 61.4 Å². The molecule has 5 rings (SSSR count). The smallest absolute Gasteiger partial charge is 0.290 e. The second-order valence-electron chi connectivity index (χ2n) is 8.45.